The van der Waals surface area contributed by atoms with E-state index in [1.807, 2.05) is 0 Å². The first-order chi connectivity index (χ1) is 13.3. The van der Waals surface area contributed by atoms with Crippen molar-refractivity contribution in [2.45, 2.75) is 114 Å². The molecule has 1 N–H and O–H groups in total. The zero-order valence-electron chi connectivity index (χ0n) is 17.2. The minimum Gasteiger partial charge on any atom is -0.389 e. The topological polar surface area (TPSA) is 29.5 Å². The summed E-state index contributed by atoms with van der Waals surface area (Å²) in [6.45, 7) is 0. The van der Waals surface area contributed by atoms with Gasteiger partial charge in [-0.1, -0.05) is 44.9 Å². The van der Waals surface area contributed by atoms with Gasteiger partial charge in [0, 0.05) is 5.92 Å². The summed E-state index contributed by atoms with van der Waals surface area (Å²) in [5.41, 5.74) is -0.396. The van der Waals surface area contributed by atoms with E-state index in [4.69, 9.17) is 4.74 Å². The van der Waals surface area contributed by atoms with E-state index in [1.54, 1.807) is 0 Å². The van der Waals surface area contributed by atoms with E-state index < -0.39 is 5.60 Å². The van der Waals surface area contributed by atoms with Gasteiger partial charge in [-0.15, -0.1) is 0 Å². The largest absolute Gasteiger partial charge is 0.389 e. The summed E-state index contributed by atoms with van der Waals surface area (Å²) in [5, 5.41) is 12.6. The van der Waals surface area contributed by atoms with E-state index in [-0.39, 0.29) is 0 Å². The lowest BCUT2D eigenvalue weighted by Crippen LogP contribution is -2.55. The van der Waals surface area contributed by atoms with Crippen LogP contribution in [0, 0.1) is 41.4 Å². The first kappa shape index (κ1) is 17.8. The fourth-order valence-corrected chi connectivity index (χ4v) is 9.65. The van der Waals surface area contributed by atoms with Gasteiger partial charge >= 0.3 is 0 Å². The Balaban J connectivity index is 1.35. The molecule has 27 heavy (non-hydrogen) atoms. The number of hydrogen-bond donors (Lipinski definition) is 1. The second-order valence-electron chi connectivity index (χ2n) is 11.3. The molecule has 5 saturated carbocycles. The maximum absolute atomic E-state index is 12.6. The molecular weight excluding hydrogens is 332 g/mol. The summed E-state index contributed by atoms with van der Waals surface area (Å²) in [6, 6.07) is 0. The number of ether oxygens (including phenoxy) is 1. The molecule has 6 aliphatic rings. The summed E-state index contributed by atoms with van der Waals surface area (Å²) >= 11 is 0. The summed E-state index contributed by atoms with van der Waals surface area (Å²) in [4.78, 5) is 0. The van der Waals surface area contributed by atoms with Crippen molar-refractivity contribution in [3.05, 3.63) is 0 Å². The maximum atomic E-state index is 12.6. The minimum absolute atomic E-state index is 0.389. The van der Waals surface area contributed by atoms with Crippen LogP contribution < -0.4 is 0 Å². The SMILES string of the molecule is OC1(C2CCCC3C4CCCCC4OC32)C2CCCCC2C2CCCCC21. The standard InChI is InChI=1S/C25H40O2/c26-25(20-12-4-1-8-16(20)17-9-2-5-13-21(17)25)22-14-7-11-19-18-10-3-6-15-23(18)27-24(19)22/h16-24,26H,1-15H2. The van der Waals surface area contributed by atoms with E-state index in [2.05, 4.69) is 0 Å². The van der Waals surface area contributed by atoms with Gasteiger partial charge in [0.05, 0.1) is 17.8 Å². The van der Waals surface area contributed by atoms with Gasteiger partial charge in [-0.05, 0) is 86.9 Å². The normalized spacial score (nSPS) is 57.4. The average Bonchev–Trinajstić information content (AvgIpc) is 3.23. The van der Waals surface area contributed by atoms with E-state index in [1.165, 1.54) is 96.3 Å². The van der Waals surface area contributed by atoms with E-state index >= 15 is 0 Å². The lowest BCUT2D eigenvalue weighted by atomic mass is 9.59. The van der Waals surface area contributed by atoms with Gasteiger partial charge in [0.25, 0.3) is 0 Å². The monoisotopic (exact) mass is 372 g/mol. The highest BCUT2D eigenvalue weighted by Crippen LogP contribution is 2.64. The van der Waals surface area contributed by atoms with E-state index in [9.17, 15) is 5.11 Å². The average molecular weight is 373 g/mol. The molecule has 152 valence electrons. The highest BCUT2D eigenvalue weighted by Gasteiger charge is 2.65. The van der Waals surface area contributed by atoms with Crippen LogP contribution in [0.5, 0.6) is 0 Å². The van der Waals surface area contributed by atoms with Crippen LogP contribution in [0.3, 0.4) is 0 Å². The Hall–Kier alpha value is -0.0800. The molecule has 2 heteroatoms. The van der Waals surface area contributed by atoms with Crippen molar-refractivity contribution in [2.24, 2.45) is 41.4 Å². The Labute approximate surface area is 165 Å². The van der Waals surface area contributed by atoms with Crippen LogP contribution >= 0.6 is 0 Å². The Morgan fingerprint density at radius 2 is 1.04 bits per heavy atom. The lowest BCUT2D eigenvalue weighted by Gasteiger charge is -2.50. The third kappa shape index (κ3) is 2.51. The Kier molecular flexibility index (Phi) is 4.42. The molecule has 9 unspecified atom stereocenters. The van der Waals surface area contributed by atoms with Crippen molar-refractivity contribution in [3.8, 4) is 0 Å². The van der Waals surface area contributed by atoms with Gasteiger partial charge in [0.15, 0.2) is 0 Å². The zero-order valence-corrected chi connectivity index (χ0v) is 17.2. The van der Waals surface area contributed by atoms with Gasteiger partial charge in [0.2, 0.25) is 0 Å². The lowest BCUT2D eigenvalue weighted by molar-refractivity contribution is -0.163. The van der Waals surface area contributed by atoms with Crippen LogP contribution in [-0.4, -0.2) is 22.9 Å². The predicted molar refractivity (Wildman–Crippen MR) is 107 cm³/mol. The van der Waals surface area contributed by atoms with Crippen molar-refractivity contribution in [1.82, 2.24) is 0 Å². The van der Waals surface area contributed by atoms with Gasteiger partial charge in [-0.3, -0.25) is 0 Å². The summed E-state index contributed by atoms with van der Waals surface area (Å²) in [6.07, 6.45) is 21.3. The number of rotatable bonds is 1. The van der Waals surface area contributed by atoms with Crippen LogP contribution in [0.4, 0.5) is 0 Å². The molecule has 1 aliphatic heterocycles. The van der Waals surface area contributed by atoms with Crippen molar-refractivity contribution in [1.29, 1.82) is 0 Å². The first-order valence-electron chi connectivity index (χ1n) is 12.7. The Morgan fingerprint density at radius 1 is 0.519 bits per heavy atom. The van der Waals surface area contributed by atoms with Crippen molar-refractivity contribution in [2.75, 3.05) is 0 Å². The van der Waals surface area contributed by atoms with Crippen molar-refractivity contribution < 1.29 is 9.84 Å². The van der Waals surface area contributed by atoms with Crippen LogP contribution in [0.2, 0.25) is 0 Å². The fraction of sp³-hybridized carbons (Fsp3) is 1.00. The number of hydrogen-bond acceptors (Lipinski definition) is 2. The minimum atomic E-state index is -0.396. The molecule has 6 fully saturated rings. The molecular formula is C25H40O2. The van der Waals surface area contributed by atoms with E-state index in [0.717, 1.165) is 23.7 Å². The van der Waals surface area contributed by atoms with Crippen molar-refractivity contribution >= 4 is 0 Å². The van der Waals surface area contributed by atoms with Crippen LogP contribution in [0.1, 0.15) is 96.3 Å². The molecule has 0 aromatic heterocycles. The molecule has 0 bridgehead atoms. The molecule has 9 atom stereocenters. The third-order valence-electron chi connectivity index (χ3n) is 10.5. The van der Waals surface area contributed by atoms with E-state index in [0.29, 0.717) is 30.0 Å². The molecule has 0 aromatic rings. The highest BCUT2D eigenvalue weighted by atomic mass is 16.5. The van der Waals surface area contributed by atoms with Crippen LogP contribution in [0.15, 0.2) is 0 Å². The molecule has 1 saturated heterocycles. The van der Waals surface area contributed by atoms with Crippen LogP contribution in [0.25, 0.3) is 0 Å². The predicted octanol–water partition coefficient (Wildman–Crippen LogP) is 5.72. The summed E-state index contributed by atoms with van der Waals surface area (Å²) in [5.74, 6) is 4.88. The molecule has 0 radical (unpaired) electrons. The number of aliphatic hydroxyl groups is 1. The molecule has 2 nitrogen and oxygen atoms in total. The Morgan fingerprint density at radius 3 is 1.74 bits per heavy atom. The molecule has 5 aliphatic carbocycles. The molecule has 6 rings (SSSR count). The second-order valence-corrected chi connectivity index (χ2v) is 11.3. The smallest absolute Gasteiger partial charge is 0.0762 e. The van der Waals surface area contributed by atoms with Gasteiger partial charge in [-0.2, -0.15) is 0 Å². The molecule has 0 amide bonds. The van der Waals surface area contributed by atoms with Crippen LogP contribution in [-0.2, 0) is 4.74 Å². The quantitative estimate of drug-likeness (QED) is 0.638. The second kappa shape index (κ2) is 6.73. The Bertz CT molecular complexity index is 537. The number of fused-ring (bicyclic) bond motifs is 6. The zero-order chi connectivity index (χ0) is 18.0. The third-order valence-corrected chi connectivity index (χ3v) is 10.5. The summed E-state index contributed by atoms with van der Waals surface area (Å²) in [7, 11) is 0. The van der Waals surface area contributed by atoms with Gasteiger partial charge < -0.3 is 9.84 Å². The first-order valence-corrected chi connectivity index (χ1v) is 12.7. The molecule has 0 spiro atoms. The maximum Gasteiger partial charge on any atom is 0.0762 e. The molecule has 0 aromatic carbocycles. The fourth-order valence-electron chi connectivity index (χ4n) is 9.65. The van der Waals surface area contributed by atoms with Crippen molar-refractivity contribution in [3.63, 3.8) is 0 Å². The summed E-state index contributed by atoms with van der Waals surface area (Å²) < 4.78 is 6.86. The van der Waals surface area contributed by atoms with Gasteiger partial charge in [0.1, 0.15) is 0 Å². The molecule has 1 heterocycles. The van der Waals surface area contributed by atoms with Gasteiger partial charge in [-0.25, -0.2) is 0 Å². The highest BCUT2D eigenvalue weighted by molar-refractivity contribution is 5.15.